The van der Waals surface area contributed by atoms with Crippen LogP contribution in [0.25, 0.3) is 0 Å². The molecule has 1 aromatic carbocycles. The van der Waals surface area contributed by atoms with Crippen LogP contribution in [-0.4, -0.2) is 18.5 Å². The molecule has 1 aliphatic rings. The minimum absolute atomic E-state index is 0.145. The van der Waals surface area contributed by atoms with E-state index in [1.165, 1.54) is 6.07 Å². The molecule has 16 heavy (non-hydrogen) atoms. The first-order valence-electron chi connectivity index (χ1n) is 5.62. The smallest absolute Gasteiger partial charge is 0.123 e. The third-order valence-electron chi connectivity index (χ3n) is 3.16. The first kappa shape index (κ1) is 12.1. The third-order valence-corrected chi connectivity index (χ3v) is 4.35. The van der Waals surface area contributed by atoms with Crippen molar-refractivity contribution in [2.75, 3.05) is 18.5 Å². The fourth-order valence-electron chi connectivity index (χ4n) is 2.28. The molecule has 1 heterocycles. The first-order valence-corrected chi connectivity index (χ1v) is 6.74. The first-order chi connectivity index (χ1) is 7.74. The van der Waals surface area contributed by atoms with Gasteiger partial charge in [0.25, 0.3) is 0 Å². The predicted octanol–water partition coefficient (Wildman–Crippen LogP) is 3.56. The number of benzene rings is 1. The van der Waals surface area contributed by atoms with E-state index in [0.717, 1.165) is 43.4 Å². The number of hydrogen-bond donors (Lipinski definition) is 0. The molecular formula is C13H16BrFO. The Hall–Kier alpha value is -0.410. The minimum Gasteiger partial charge on any atom is -0.381 e. The van der Waals surface area contributed by atoms with E-state index in [4.69, 9.17) is 4.74 Å². The largest absolute Gasteiger partial charge is 0.381 e. The molecule has 0 spiro atoms. The SMILES string of the molecule is Fc1cccc(CC2(CBr)CCCOC2)c1. The Morgan fingerprint density at radius 1 is 1.44 bits per heavy atom. The summed E-state index contributed by atoms with van der Waals surface area (Å²) in [5, 5.41) is 0.913. The number of rotatable bonds is 3. The second-order valence-corrected chi connectivity index (χ2v) is 5.16. The fraction of sp³-hybridized carbons (Fsp3) is 0.538. The maximum atomic E-state index is 13.1. The van der Waals surface area contributed by atoms with Gasteiger partial charge in [-0.25, -0.2) is 4.39 Å². The molecule has 1 aromatic rings. The number of hydrogen-bond acceptors (Lipinski definition) is 1. The van der Waals surface area contributed by atoms with Crippen molar-refractivity contribution in [1.82, 2.24) is 0 Å². The summed E-state index contributed by atoms with van der Waals surface area (Å²) in [5.41, 5.74) is 1.21. The Balaban J connectivity index is 2.11. The highest BCUT2D eigenvalue weighted by molar-refractivity contribution is 9.09. The topological polar surface area (TPSA) is 9.23 Å². The number of halogens is 2. The summed E-state index contributed by atoms with van der Waals surface area (Å²) in [6, 6.07) is 6.87. The van der Waals surface area contributed by atoms with Crippen LogP contribution >= 0.6 is 15.9 Å². The predicted molar refractivity (Wildman–Crippen MR) is 66.4 cm³/mol. The second-order valence-electron chi connectivity index (χ2n) is 4.60. The van der Waals surface area contributed by atoms with Gasteiger partial charge in [0.15, 0.2) is 0 Å². The van der Waals surface area contributed by atoms with Crippen LogP contribution in [0.15, 0.2) is 24.3 Å². The fourth-order valence-corrected chi connectivity index (χ4v) is 2.92. The van der Waals surface area contributed by atoms with Crippen molar-refractivity contribution >= 4 is 15.9 Å². The average molecular weight is 287 g/mol. The summed E-state index contributed by atoms with van der Waals surface area (Å²) >= 11 is 3.57. The average Bonchev–Trinajstić information content (AvgIpc) is 2.30. The van der Waals surface area contributed by atoms with E-state index in [1.807, 2.05) is 6.07 Å². The van der Waals surface area contributed by atoms with Crippen molar-refractivity contribution in [3.63, 3.8) is 0 Å². The quantitative estimate of drug-likeness (QED) is 0.772. The van der Waals surface area contributed by atoms with Crippen LogP contribution in [0, 0.1) is 11.2 Å². The van der Waals surface area contributed by atoms with Crippen molar-refractivity contribution in [1.29, 1.82) is 0 Å². The Morgan fingerprint density at radius 3 is 2.94 bits per heavy atom. The Kier molecular flexibility index (Phi) is 3.98. The standard InChI is InChI=1S/C13H16BrFO/c14-9-13(5-2-6-16-10-13)8-11-3-1-4-12(15)7-11/h1,3-4,7H,2,5-6,8-10H2. The van der Waals surface area contributed by atoms with Gasteiger partial charge in [-0.15, -0.1) is 0 Å². The number of ether oxygens (including phenoxy) is 1. The molecule has 1 nitrogen and oxygen atoms in total. The Morgan fingerprint density at radius 2 is 2.31 bits per heavy atom. The molecule has 2 rings (SSSR count). The summed E-state index contributed by atoms with van der Waals surface area (Å²) in [5.74, 6) is -0.154. The molecule has 1 aliphatic heterocycles. The zero-order chi connectivity index (χ0) is 11.4. The minimum atomic E-state index is -0.154. The van der Waals surface area contributed by atoms with E-state index >= 15 is 0 Å². The molecule has 0 aromatic heterocycles. The number of alkyl halides is 1. The van der Waals surface area contributed by atoms with Gasteiger partial charge >= 0.3 is 0 Å². The summed E-state index contributed by atoms with van der Waals surface area (Å²) < 4.78 is 18.7. The second kappa shape index (κ2) is 5.28. The molecule has 0 radical (unpaired) electrons. The maximum absolute atomic E-state index is 13.1. The van der Waals surface area contributed by atoms with Crippen LogP contribution in [0.3, 0.4) is 0 Å². The van der Waals surface area contributed by atoms with Crippen LogP contribution in [-0.2, 0) is 11.2 Å². The van der Waals surface area contributed by atoms with Gasteiger partial charge in [-0.1, -0.05) is 28.1 Å². The van der Waals surface area contributed by atoms with Crippen molar-refractivity contribution in [3.8, 4) is 0 Å². The lowest BCUT2D eigenvalue weighted by molar-refractivity contribution is 0.00612. The highest BCUT2D eigenvalue weighted by Gasteiger charge is 2.32. The van der Waals surface area contributed by atoms with Crippen molar-refractivity contribution in [2.24, 2.45) is 5.41 Å². The molecular weight excluding hydrogens is 271 g/mol. The van der Waals surface area contributed by atoms with E-state index in [1.54, 1.807) is 12.1 Å². The highest BCUT2D eigenvalue weighted by Crippen LogP contribution is 2.34. The van der Waals surface area contributed by atoms with E-state index in [-0.39, 0.29) is 11.2 Å². The van der Waals surface area contributed by atoms with Crippen LogP contribution in [0.1, 0.15) is 18.4 Å². The van der Waals surface area contributed by atoms with Crippen molar-refractivity contribution in [3.05, 3.63) is 35.6 Å². The molecule has 0 amide bonds. The van der Waals surface area contributed by atoms with Gasteiger partial charge in [0.2, 0.25) is 0 Å². The normalized spacial score (nSPS) is 25.6. The Labute approximate surface area is 104 Å². The van der Waals surface area contributed by atoms with Gasteiger partial charge in [-0.05, 0) is 37.0 Å². The van der Waals surface area contributed by atoms with Gasteiger partial charge in [0.1, 0.15) is 5.82 Å². The van der Waals surface area contributed by atoms with Gasteiger partial charge in [0.05, 0.1) is 6.61 Å². The molecule has 88 valence electrons. The molecule has 0 aliphatic carbocycles. The van der Waals surface area contributed by atoms with Crippen molar-refractivity contribution < 1.29 is 9.13 Å². The summed E-state index contributed by atoms with van der Waals surface area (Å²) in [6.07, 6.45) is 3.13. The highest BCUT2D eigenvalue weighted by atomic mass is 79.9. The molecule has 1 atom stereocenters. The summed E-state index contributed by atoms with van der Waals surface area (Å²) in [4.78, 5) is 0. The van der Waals surface area contributed by atoms with E-state index in [0.29, 0.717) is 0 Å². The van der Waals surface area contributed by atoms with Crippen LogP contribution < -0.4 is 0 Å². The summed E-state index contributed by atoms with van der Waals surface area (Å²) in [7, 11) is 0. The van der Waals surface area contributed by atoms with Gasteiger partial charge < -0.3 is 4.74 Å². The van der Waals surface area contributed by atoms with Gasteiger partial charge in [-0.2, -0.15) is 0 Å². The maximum Gasteiger partial charge on any atom is 0.123 e. The lowest BCUT2D eigenvalue weighted by atomic mass is 9.79. The van der Waals surface area contributed by atoms with Crippen molar-refractivity contribution in [2.45, 2.75) is 19.3 Å². The van der Waals surface area contributed by atoms with Gasteiger partial charge in [-0.3, -0.25) is 0 Å². The third kappa shape index (κ3) is 2.83. The van der Waals surface area contributed by atoms with E-state index in [9.17, 15) is 4.39 Å². The molecule has 1 saturated heterocycles. The van der Waals surface area contributed by atoms with Gasteiger partial charge in [0, 0.05) is 17.4 Å². The molecule has 1 unspecified atom stereocenters. The lowest BCUT2D eigenvalue weighted by Crippen LogP contribution is -2.35. The molecule has 0 saturated carbocycles. The molecule has 1 fully saturated rings. The summed E-state index contributed by atoms with van der Waals surface area (Å²) in [6.45, 7) is 1.63. The zero-order valence-electron chi connectivity index (χ0n) is 9.22. The molecule has 3 heteroatoms. The zero-order valence-corrected chi connectivity index (χ0v) is 10.8. The lowest BCUT2D eigenvalue weighted by Gasteiger charge is -2.35. The van der Waals surface area contributed by atoms with Crippen LogP contribution in [0.2, 0.25) is 0 Å². The van der Waals surface area contributed by atoms with E-state index < -0.39 is 0 Å². The molecule has 0 bridgehead atoms. The molecule has 0 N–H and O–H groups in total. The Bertz CT molecular complexity index is 348. The van der Waals surface area contributed by atoms with Crippen LogP contribution in [0.4, 0.5) is 4.39 Å². The van der Waals surface area contributed by atoms with Crippen LogP contribution in [0.5, 0.6) is 0 Å². The van der Waals surface area contributed by atoms with E-state index in [2.05, 4.69) is 15.9 Å². The monoisotopic (exact) mass is 286 g/mol.